The number of carbonyl (C=O) groups excluding carboxylic acids is 1. The highest BCUT2D eigenvalue weighted by atomic mass is 35.5. The summed E-state index contributed by atoms with van der Waals surface area (Å²) in [5.41, 5.74) is 1.99. The molecule has 4 nitrogen and oxygen atoms in total. The van der Waals surface area contributed by atoms with E-state index in [1.807, 2.05) is 29.2 Å². The van der Waals surface area contributed by atoms with Gasteiger partial charge in [0, 0.05) is 48.5 Å². The van der Waals surface area contributed by atoms with Gasteiger partial charge in [0.25, 0.3) is 0 Å². The fourth-order valence-electron chi connectivity index (χ4n) is 2.69. The van der Waals surface area contributed by atoms with Crippen molar-refractivity contribution in [1.29, 1.82) is 0 Å². The summed E-state index contributed by atoms with van der Waals surface area (Å²) in [5.74, 6) is 0. The van der Waals surface area contributed by atoms with E-state index in [0.717, 1.165) is 30.3 Å². The minimum Gasteiger partial charge on any atom is -0.322 e. The lowest BCUT2D eigenvalue weighted by Crippen LogP contribution is -2.49. The van der Waals surface area contributed by atoms with Crippen LogP contribution in [0.25, 0.3) is 0 Å². The summed E-state index contributed by atoms with van der Waals surface area (Å²) < 4.78 is 0. The average molecular weight is 364 g/mol. The van der Waals surface area contributed by atoms with Crippen LogP contribution in [0.2, 0.25) is 10.0 Å². The van der Waals surface area contributed by atoms with Crippen LogP contribution in [0.4, 0.5) is 10.5 Å². The highest BCUT2D eigenvalue weighted by Crippen LogP contribution is 2.15. The fraction of sp³-hybridized carbons (Fsp3) is 0.278. The molecule has 6 heteroatoms. The second-order valence-electron chi connectivity index (χ2n) is 5.83. The van der Waals surface area contributed by atoms with E-state index in [1.165, 1.54) is 5.56 Å². The zero-order valence-corrected chi connectivity index (χ0v) is 14.7. The first kappa shape index (κ1) is 17.1. The van der Waals surface area contributed by atoms with E-state index in [0.29, 0.717) is 18.1 Å². The van der Waals surface area contributed by atoms with E-state index >= 15 is 0 Å². The Morgan fingerprint density at radius 1 is 0.875 bits per heavy atom. The largest absolute Gasteiger partial charge is 0.322 e. The molecule has 0 aliphatic carbocycles. The molecule has 2 aromatic rings. The summed E-state index contributed by atoms with van der Waals surface area (Å²) in [5, 5.41) is 4.31. The molecule has 1 fully saturated rings. The van der Waals surface area contributed by atoms with Gasteiger partial charge < -0.3 is 10.2 Å². The van der Waals surface area contributed by atoms with Gasteiger partial charge in [0.2, 0.25) is 0 Å². The van der Waals surface area contributed by atoms with Crippen molar-refractivity contribution < 1.29 is 4.79 Å². The summed E-state index contributed by atoms with van der Waals surface area (Å²) in [6, 6.07) is 15.0. The SMILES string of the molecule is O=C(Nc1ccc(Cl)cc1)N1CCN(Cc2ccc(Cl)cc2)CC1. The number of anilines is 1. The van der Waals surface area contributed by atoms with Crippen LogP contribution in [-0.4, -0.2) is 42.0 Å². The topological polar surface area (TPSA) is 35.6 Å². The van der Waals surface area contributed by atoms with Crippen molar-refractivity contribution in [2.24, 2.45) is 0 Å². The molecule has 2 amide bonds. The Kier molecular flexibility index (Phi) is 5.61. The third kappa shape index (κ3) is 4.63. The monoisotopic (exact) mass is 363 g/mol. The molecule has 1 heterocycles. The summed E-state index contributed by atoms with van der Waals surface area (Å²) in [6.07, 6.45) is 0. The molecule has 3 rings (SSSR count). The van der Waals surface area contributed by atoms with E-state index in [9.17, 15) is 4.79 Å². The van der Waals surface area contributed by atoms with Crippen LogP contribution in [0.3, 0.4) is 0 Å². The predicted molar refractivity (Wildman–Crippen MR) is 98.8 cm³/mol. The number of carbonyl (C=O) groups is 1. The number of urea groups is 1. The summed E-state index contributed by atoms with van der Waals surface area (Å²) >= 11 is 11.8. The maximum atomic E-state index is 12.3. The first-order valence-corrected chi connectivity index (χ1v) is 8.64. The van der Waals surface area contributed by atoms with Crippen molar-refractivity contribution in [2.45, 2.75) is 6.54 Å². The summed E-state index contributed by atoms with van der Waals surface area (Å²) in [6.45, 7) is 4.02. The van der Waals surface area contributed by atoms with Gasteiger partial charge in [0.05, 0.1) is 0 Å². The fourth-order valence-corrected chi connectivity index (χ4v) is 2.94. The van der Waals surface area contributed by atoms with Crippen molar-refractivity contribution in [3.8, 4) is 0 Å². The van der Waals surface area contributed by atoms with Gasteiger partial charge in [0.15, 0.2) is 0 Å². The predicted octanol–water partition coefficient (Wildman–Crippen LogP) is 4.34. The number of hydrogen-bond acceptors (Lipinski definition) is 2. The van der Waals surface area contributed by atoms with Gasteiger partial charge in [-0.15, -0.1) is 0 Å². The third-order valence-electron chi connectivity index (χ3n) is 4.07. The first-order valence-electron chi connectivity index (χ1n) is 7.88. The van der Waals surface area contributed by atoms with Gasteiger partial charge in [-0.05, 0) is 42.0 Å². The van der Waals surface area contributed by atoms with Gasteiger partial charge in [-0.1, -0.05) is 35.3 Å². The minimum atomic E-state index is -0.0662. The average Bonchev–Trinajstić information content (AvgIpc) is 2.59. The Balaban J connectivity index is 1.48. The van der Waals surface area contributed by atoms with Gasteiger partial charge in [-0.3, -0.25) is 4.90 Å². The highest BCUT2D eigenvalue weighted by Gasteiger charge is 2.21. The number of amides is 2. The molecule has 0 atom stereocenters. The zero-order chi connectivity index (χ0) is 16.9. The molecular formula is C18H19Cl2N3O. The van der Waals surface area contributed by atoms with Crippen LogP contribution >= 0.6 is 23.2 Å². The van der Waals surface area contributed by atoms with Crippen LogP contribution in [0.5, 0.6) is 0 Å². The maximum absolute atomic E-state index is 12.3. The van der Waals surface area contributed by atoms with Gasteiger partial charge in [-0.2, -0.15) is 0 Å². The first-order chi connectivity index (χ1) is 11.6. The number of rotatable bonds is 3. The second-order valence-corrected chi connectivity index (χ2v) is 6.70. The third-order valence-corrected chi connectivity index (χ3v) is 4.58. The Labute approximate surface area is 152 Å². The number of piperazine rings is 1. The Morgan fingerprint density at radius 3 is 2.00 bits per heavy atom. The second kappa shape index (κ2) is 7.88. The van der Waals surface area contributed by atoms with Crippen LogP contribution in [0.15, 0.2) is 48.5 Å². The number of benzene rings is 2. The maximum Gasteiger partial charge on any atom is 0.321 e. The molecule has 0 spiro atoms. The standard InChI is InChI=1S/C18H19Cl2N3O/c19-15-3-1-14(2-4-15)13-22-9-11-23(12-10-22)18(24)21-17-7-5-16(20)6-8-17/h1-8H,9-13H2,(H,21,24). The minimum absolute atomic E-state index is 0.0662. The van der Waals surface area contributed by atoms with E-state index in [2.05, 4.69) is 10.2 Å². The molecule has 1 aliphatic rings. The molecule has 1 aliphatic heterocycles. The molecular weight excluding hydrogens is 345 g/mol. The van der Waals surface area contributed by atoms with E-state index in [4.69, 9.17) is 23.2 Å². The van der Waals surface area contributed by atoms with Crippen molar-refractivity contribution in [2.75, 3.05) is 31.5 Å². The van der Waals surface area contributed by atoms with E-state index < -0.39 is 0 Å². The molecule has 0 unspecified atom stereocenters. The number of hydrogen-bond donors (Lipinski definition) is 1. The van der Waals surface area contributed by atoms with Crippen LogP contribution in [0.1, 0.15) is 5.56 Å². The van der Waals surface area contributed by atoms with E-state index in [-0.39, 0.29) is 6.03 Å². The number of halogens is 2. The van der Waals surface area contributed by atoms with Gasteiger partial charge in [0.1, 0.15) is 0 Å². The lowest BCUT2D eigenvalue weighted by atomic mass is 10.2. The van der Waals surface area contributed by atoms with Gasteiger partial charge in [-0.25, -0.2) is 4.79 Å². The van der Waals surface area contributed by atoms with Crippen molar-refractivity contribution in [3.63, 3.8) is 0 Å². The summed E-state index contributed by atoms with van der Waals surface area (Å²) in [4.78, 5) is 16.5. The lowest BCUT2D eigenvalue weighted by Gasteiger charge is -2.34. The smallest absolute Gasteiger partial charge is 0.321 e. The molecule has 1 N–H and O–H groups in total. The lowest BCUT2D eigenvalue weighted by molar-refractivity contribution is 0.143. The van der Waals surface area contributed by atoms with Gasteiger partial charge >= 0.3 is 6.03 Å². The number of nitrogens with zero attached hydrogens (tertiary/aromatic N) is 2. The van der Waals surface area contributed by atoms with Crippen LogP contribution in [0, 0.1) is 0 Å². The Hall–Kier alpha value is -1.75. The summed E-state index contributed by atoms with van der Waals surface area (Å²) in [7, 11) is 0. The van der Waals surface area contributed by atoms with E-state index in [1.54, 1.807) is 24.3 Å². The normalized spacial score (nSPS) is 15.3. The molecule has 0 aromatic heterocycles. The van der Waals surface area contributed by atoms with Crippen molar-refractivity contribution in [3.05, 3.63) is 64.1 Å². The highest BCUT2D eigenvalue weighted by molar-refractivity contribution is 6.30. The molecule has 126 valence electrons. The van der Waals surface area contributed by atoms with Crippen LogP contribution < -0.4 is 5.32 Å². The molecule has 1 saturated heterocycles. The zero-order valence-electron chi connectivity index (χ0n) is 13.2. The molecule has 0 saturated carbocycles. The quantitative estimate of drug-likeness (QED) is 0.879. The molecule has 2 aromatic carbocycles. The molecule has 0 bridgehead atoms. The van der Waals surface area contributed by atoms with Crippen molar-refractivity contribution >= 4 is 34.9 Å². The Bertz CT molecular complexity index is 680. The molecule has 24 heavy (non-hydrogen) atoms. The van der Waals surface area contributed by atoms with Crippen LogP contribution in [-0.2, 0) is 6.54 Å². The number of nitrogens with one attached hydrogen (secondary N) is 1. The Morgan fingerprint density at radius 2 is 1.42 bits per heavy atom. The van der Waals surface area contributed by atoms with Crippen molar-refractivity contribution in [1.82, 2.24) is 9.80 Å². The molecule has 0 radical (unpaired) electrons.